The first kappa shape index (κ1) is 16.2. The molecule has 0 aromatic heterocycles. The molecular formula is C15H24N4O4. The summed E-state index contributed by atoms with van der Waals surface area (Å²) in [5.74, 6) is -0.161. The van der Waals surface area contributed by atoms with Crippen molar-refractivity contribution in [2.45, 2.75) is 12.8 Å². The summed E-state index contributed by atoms with van der Waals surface area (Å²) in [6.07, 6.45) is 2.44. The Kier molecular flexibility index (Phi) is 4.82. The number of aliphatic hydroxyl groups excluding tert-OH is 1. The lowest BCUT2D eigenvalue weighted by Gasteiger charge is -2.23. The molecule has 3 rings (SSSR count). The third-order valence-electron chi connectivity index (χ3n) is 5.05. The average Bonchev–Trinajstić information content (AvgIpc) is 3.21. The zero-order valence-corrected chi connectivity index (χ0v) is 13.2. The van der Waals surface area contributed by atoms with Crippen LogP contribution in [0.5, 0.6) is 0 Å². The smallest absolute Gasteiger partial charge is 0.325 e. The van der Waals surface area contributed by atoms with E-state index in [0.29, 0.717) is 13.1 Å². The van der Waals surface area contributed by atoms with Crippen molar-refractivity contribution >= 4 is 17.8 Å². The molecule has 3 heterocycles. The highest BCUT2D eigenvalue weighted by Crippen LogP contribution is 2.25. The molecule has 0 aromatic carbocycles. The summed E-state index contributed by atoms with van der Waals surface area (Å²) in [5.41, 5.74) is 0. The number of carbonyl (C=O) groups is 3. The molecule has 0 spiro atoms. The van der Waals surface area contributed by atoms with Gasteiger partial charge < -0.3 is 19.8 Å². The van der Waals surface area contributed by atoms with Crippen molar-refractivity contribution in [3.8, 4) is 0 Å². The van der Waals surface area contributed by atoms with Gasteiger partial charge in [-0.2, -0.15) is 0 Å². The lowest BCUT2D eigenvalue weighted by molar-refractivity contribution is -0.131. The molecule has 3 aliphatic heterocycles. The Balaban J connectivity index is 1.54. The first-order valence-corrected chi connectivity index (χ1v) is 8.26. The van der Waals surface area contributed by atoms with Gasteiger partial charge in [0, 0.05) is 32.2 Å². The van der Waals surface area contributed by atoms with Crippen molar-refractivity contribution in [3.05, 3.63) is 0 Å². The van der Waals surface area contributed by atoms with Gasteiger partial charge >= 0.3 is 6.03 Å². The van der Waals surface area contributed by atoms with Crippen LogP contribution in [-0.4, -0.2) is 90.1 Å². The van der Waals surface area contributed by atoms with Gasteiger partial charge in [0.15, 0.2) is 0 Å². The Bertz CT molecular complexity index is 492. The van der Waals surface area contributed by atoms with Crippen LogP contribution in [0.15, 0.2) is 0 Å². The van der Waals surface area contributed by atoms with Crippen molar-refractivity contribution in [1.82, 2.24) is 20.0 Å². The second kappa shape index (κ2) is 6.84. The number of imide groups is 1. The van der Waals surface area contributed by atoms with Gasteiger partial charge in [0.05, 0.1) is 0 Å². The zero-order valence-electron chi connectivity index (χ0n) is 13.2. The summed E-state index contributed by atoms with van der Waals surface area (Å²) in [6, 6.07) is -0.505. The standard InChI is InChI=1S/C15H24N4O4/c20-10-12-7-18(6-11(12)5-17-3-1-2-4-17)14(22)9-19-8-13(21)16-15(19)23/h11-12,20H,1-10H2,(H,16,21,23)/t11-,12-/m0/s1. The molecular weight excluding hydrogens is 300 g/mol. The summed E-state index contributed by atoms with van der Waals surface area (Å²) in [5, 5.41) is 11.8. The lowest BCUT2D eigenvalue weighted by Crippen LogP contribution is -2.41. The maximum Gasteiger partial charge on any atom is 0.325 e. The number of rotatable bonds is 5. The Labute approximate surface area is 135 Å². The molecule has 2 atom stereocenters. The molecule has 0 bridgehead atoms. The van der Waals surface area contributed by atoms with Crippen LogP contribution >= 0.6 is 0 Å². The number of aliphatic hydroxyl groups is 1. The average molecular weight is 324 g/mol. The predicted molar refractivity (Wildman–Crippen MR) is 81.4 cm³/mol. The summed E-state index contributed by atoms with van der Waals surface area (Å²) < 4.78 is 0. The molecule has 0 unspecified atom stereocenters. The molecule has 0 aliphatic carbocycles. The predicted octanol–water partition coefficient (Wildman–Crippen LogP) is -1.30. The Morgan fingerprint density at radius 3 is 2.48 bits per heavy atom. The van der Waals surface area contributed by atoms with Gasteiger partial charge in [0.1, 0.15) is 13.1 Å². The molecule has 3 fully saturated rings. The van der Waals surface area contributed by atoms with E-state index in [0.717, 1.165) is 19.6 Å². The maximum atomic E-state index is 12.4. The highest BCUT2D eigenvalue weighted by atomic mass is 16.3. The minimum atomic E-state index is -0.505. The molecule has 4 amide bonds. The third kappa shape index (κ3) is 3.64. The van der Waals surface area contributed by atoms with E-state index < -0.39 is 6.03 Å². The van der Waals surface area contributed by atoms with Gasteiger partial charge in [-0.1, -0.05) is 0 Å². The fraction of sp³-hybridized carbons (Fsp3) is 0.800. The summed E-state index contributed by atoms with van der Waals surface area (Å²) in [7, 11) is 0. The van der Waals surface area contributed by atoms with Gasteiger partial charge in [0.2, 0.25) is 11.8 Å². The molecule has 0 radical (unpaired) electrons. The monoisotopic (exact) mass is 324 g/mol. The summed E-state index contributed by atoms with van der Waals surface area (Å²) in [4.78, 5) is 40.4. The van der Waals surface area contributed by atoms with Gasteiger partial charge in [-0.3, -0.25) is 14.9 Å². The number of nitrogens with one attached hydrogen (secondary N) is 1. The van der Waals surface area contributed by atoms with Crippen LogP contribution in [0.4, 0.5) is 4.79 Å². The van der Waals surface area contributed by atoms with Crippen LogP contribution in [0.1, 0.15) is 12.8 Å². The van der Waals surface area contributed by atoms with E-state index >= 15 is 0 Å². The maximum absolute atomic E-state index is 12.4. The summed E-state index contributed by atoms with van der Waals surface area (Å²) in [6.45, 7) is 4.19. The number of hydrogen-bond donors (Lipinski definition) is 2. The number of nitrogens with zero attached hydrogens (tertiary/aromatic N) is 3. The SMILES string of the molecule is O=C1CN(CC(=O)N2C[C@@H](CO)[C@@H](CN3CCCC3)C2)C(=O)N1. The Morgan fingerprint density at radius 2 is 1.87 bits per heavy atom. The summed E-state index contributed by atoms with van der Waals surface area (Å²) >= 11 is 0. The van der Waals surface area contributed by atoms with E-state index in [1.165, 1.54) is 17.7 Å². The van der Waals surface area contributed by atoms with E-state index in [9.17, 15) is 19.5 Å². The van der Waals surface area contributed by atoms with Crippen molar-refractivity contribution in [2.75, 3.05) is 52.4 Å². The topological polar surface area (TPSA) is 93.2 Å². The molecule has 3 aliphatic rings. The number of hydrogen-bond acceptors (Lipinski definition) is 5. The minimum Gasteiger partial charge on any atom is -0.396 e. The number of amides is 4. The van der Waals surface area contributed by atoms with Crippen LogP contribution in [0.3, 0.4) is 0 Å². The zero-order chi connectivity index (χ0) is 16.4. The van der Waals surface area contributed by atoms with Gasteiger partial charge in [0.25, 0.3) is 0 Å². The molecule has 8 heteroatoms. The molecule has 0 saturated carbocycles. The van der Waals surface area contributed by atoms with Gasteiger partial charge in [-0.25, -0.2) is 4.79 Å². The fourth-order valence-corrected chi connectivity index (χ4v) is 3.73. The number of likely N-dealkylation sites (tertiary alicyclic amines) is 2. The first-order chi connectivity index (χ1) is 11.1. The van der Waals surface area contributed by atoms with Crippen LogP contribution in [0.2, 0.25) is 0 Å². The second-order valence-corrected chi connectivity index (χ2v) is 6.72. The van der Waals surface area contributed by atoms with Crippen molar-refractivity contribution in [3.63, 3.8) is 0 Å². The van der Waals surface area contributed by atoms with Crippen molar-refractivity contribution in [1.29, 1.82) is 0 Å². The van der Waals surface area contributed by atoms with Crippen LogP contribution in [-0.2, 0) is 9.59 Å². The molecule has 2 N–H and O–H groups in total. The van der Waals surface area contributed by atoms with E-state index in [1.807, 2.05) is 0 Å². The van der Waals surface area contributed by atoms with Gasteiger partial charge in [-0.15, -0.1) is 0 Å². The van der Waals surface area contributed by atoms with E-state index in [-0.39, 0.29) is 43.3 Å². The number of urea groups is 1. The van der Waals surface area contributed by atoms with Gasteiger partial charge in [-0.05, 0) is 31.8 Å². The minimum absolute atomic E-state index is 0.0565. The van der Waals surface area contributed by atoms with Crippen molar-refractivity contribution in [2.24, 2.45) is 11.8 Å². The number of carbonyl (C=O) groups excluding carboxylic acids is 3. The molecule has 23 heavy (non-hydrogen) atoms. The highest BCUT2D eigenvalue weighted by Gasteiger charge is 2.37. The van der Waals surface area contributed by atoms with Crippen LogP contribution in [0.25, 0.3) is 0 Å². The van der Waals surface area contributed by atoms with Crippen molar-refractivity contribution < 1.29 is 19.5 Å². The second-order valence-electron chi connectivity index (χ2n) is 6.72. The first-order valence-electron chi connectivity index (χ1n) is 8.26. The molecule has 8 nitrogen and oxygen atoms in total. The fourth-order valence-electron chi connectivity index (χ4n) is 3.73. The van der Waals surface area contributed by atoms with E-state index in [4.69, 9.17) is 0 Å². The molecule has 128 valence electrons. The quantitative estimate of drug-likeness (QED) is 0.613. The normalized spacial score (nSPS) is 28.7. The lowest BCUT2D eigenvalue weighted by atomic mass is 9.96. The Hall–Kier alpha value is -1.67. The van der Waals surface area contributed by atoms with E-state index in [1.54, 1.807) is 4.90 Å². The largest absolute Gasteiger partial charge is 0.396 e. The Morgan fingerprint density at radius 1 is 1.17 bits per heavy atom. The highest BCUT2D eigenvalue weighted by molar-refractivity contribution is 6.03. The van der Waals surface area contributed by atoms with E-state index in [2.05, 4.69) is 10.2 Å². The van der Waals surface area contributed by atoms with Crippen LogP contribution < -0.4 is 5.32 Å². The van der Waals surface area contributed by atoms with Crippen LogP contribution in [0, 0.1) is 11.8 Å². The third-order valence-corrected chi connectivity index (χ3v) is 5.05. The molecule has 0 aromatic rings. The molecule has 3 saturated heterocycles.